The lowest BCUT2D eigenvalue weighted by Crippen LogP contribution is -2.08. The molecule has 42 valence electrons. The Bertz CT molecular complexity index is 64.6. The van der Waals surface area contributed by atoms with Crippen molar-refractivity contribution in [2.45, 2.75) is 25.1 Å². The van der Waals surface area contributed by atoms with Gasteiger partial charge in [0.25, 0.3) is 0 Å². The topological polar surface area (TPSA) is 0 Å². The minimum absolute atomic E-state index is 0.181. The summed E-state index contributed by atoms with van der Waals surface area (Å²) in [6.07, 6.45) is 2.70. The second-order valence-corrected chi connectivity index (χ2v) is 2.70. The number of rotatable bonds is 2. The van der Waals surface area contributed by atoms with Crippen LogP contribution in [0, 0.1) is 0 Å². The van der Waals surface area contributed by atoms with E-state index in [0.29, 0.717) is 0 Å². The minimum atomic E-state index is -0.181. The lowest BCUT2D eigenvalue weighted by molar-refractivity contribution is 0.744. The third-order valence-electron chi connectivity index (χ3n) is 1.12. The zero-order valence-electron chi connectivity index (χ0n) is 4.87. The summed E-state index contributed by atoms with van der Waals surface area (Å²) in [4.78, 5) is -0.181. The summed E-state index contributed by atoms with van der Waals surface area (Å²) in [6, 6.07) is 0. The highest BCUT2D eigenvalue weighted by atomic mass is 35.5. The van der Waals surface area contributed by atoms with Crippen molar-refractivity contribution in [3.63, 3.8) is 0 Å². The largest absolute Gasteiger partial charge is 0.115 e. The van der Waals surface area contributed by atoms with E-state index < -0.39 is 0 Å². The standard InChI is InChI=1S/C6H11Cl/c1-4-6(3,7)5-2/h4H,1,5H2,2-3H3. The molecular formula is C6H11Cl. The number of hydrogen-bond acceptors (Lipinski definition) is 0. The van der Waals surface area contributed by atoms with Gasteiger partial charge in [0, 0.05) is 0 Å². The van der Waals surface area contributed by atoms with Crippen molar-refractivity contribution < 1.29 is 0 Å². The van der Waals surface area contributed by atoms with E-state index in [2.05, 4.69) is 6.58 Å². The predicted octanol–water partition coefficient (Wildman–Crippen LogP) is 2.58. The van der Waals surface area contributed by atoms with Crippen molar-refractivity contribution in [2.24, 2.45) is 0 Å². The summed E-state index contributed by atoms with van der Waals surface area (Å²) in [5, 5.41) is 0. The van der Waals surface area contributed by atoms with Gasteiger partial charge in [0.1, 0.15) is 0 Å². The van der Waals surface area contributed by atoms with Crippen LogP contribution in [0.4, 0.5) is 0 Å². The number of halogens is 1. The molecule has 0 amide bonds. The Kier molecular flexibility index (Phi) is 2.38. The SMILES string of the molecule is C=CC(C)(Cl)CC. The van der Waals surface area contributed by atoms with Gasteiger partial charge < -0.3 is 0 Å². The van der Waals surface area contributed by atoms with E-state index in [0.717, 1.165) is 6.42 Å². The molecule has 0 nitrogen and oxygen atoms in total. The molecule has 1 atom stereocenters. The van der Waals surface area contributed by atoms with Crippen LogP contribution in [0.5, 0.6) is 0 Å². The Labute approximate surface area is 50.2 Å². The number of allylic oxidation sites excluding steroid dienone is 1. The fourth-order valence-electron chi connectivity index (χ4n) is 0.144. The van der Waals surface area contributed by atoms with Crippen LogP contribution in [0.15, 0.2) is 12.7 Å². The fraction of sp³-hybridized carbons (Fsp3) is 0.667. The van der Waals surface area contributed by atoms with Gasteiger partial charge in [-0.1, -0.05) is 13.0 Å². The molecular weight excluding hydrogens is 108 g/mol. The van der Waals surface area contributed by atoms with E-state index in [-0.39, 0.29) is 4.87 Å². The molecule has 1 heteroatoms. The van der Waals surface area contributed by atoms with Gasteiger partial charge in [-0.3, -0.25) is 0 Å². The smallest absolute Gasteiger partial charge is 0.0592 e. The molecule has 0 aromatic heterocycles. The molecule has 0 rings (SSSR count). The first-order valence-corrected chi connectivity index (χ1v) is 2.82. The quantitative estimate of drug-likeness (QED) is 0.386. The molecule has 0 aliphatic carbocycles. The van der Waals surface area contributed by atoms with Gasteiger partial charge >= 0.3 is 0 Å². The van der Waals surface area contributed by atoms with Gasteiger partial charge in [0.2, 0.25) is 0 Å². The second kappa shape index (κ2) is 2.37. The van der Waals surface area contributed by atoms with E-state index in [1.165, 1.54) is 0 Å². The molecule has 0 heterocycles. The molecule has 0 aromatic rings. The van der Waals surface area contributed by atoms with E-state index in [9.17, 15) is 0 Å². The zero-order valence-corrected chi connectivity index (χ0v) is 5.63. The van der Waals surface area contributed by atoms with Crippen LogP contribution < -0.4 is 0 Å². The summed E-state index contributed by atoms with van der Waals surface area (Å²) >= 11 is 5.79. The monoisotopic (exact) mass is 118 g/mol. The van der Waals surface area contributed by atoms with Crippen molar-refractivity contribution >= 4 is 11.6 Å². The highest BCUT2D eigenvalue weighted by Gasteiger charge is 2.10. The lowest BCUT2D eigenvalue weighted by atomic mass is 10.1. The van der Waals surface area contributed by atoms with Gasteiger partial charge in [-0.15, -0.1) is 18.2 Å². The summed E-state index contributed by atoms with van der Waals surface area (Å²) in [6.45, 7) is 7.55. The molecule has 0 aromatic carbocycles. The summed E-state index contributed by atoms with van der Waals surface area (Å²) in [5.41, 5.74) is 0. The van der Waals surface area contributed by atoms with Gasteiger partial charge in [-0.05, 0) is 13.3 Å². The van der Waals surface area contributed by atoms with Crippen molar-refractivity contribution in [2.75, 3.05) is 0 Å². The van der Waals surface area contributed by atoms with Crippen molar-refractivity contribution in [1.82, 2.24) is 0 Å². The minimum Gasteiger partial charge on any atom is -0.115 e. The first-order valence-electron chi connectivity index (χ1n) is 2.45. The average molecular weight is 119 g/mol. The van der Waals surface area contributed by atoms with Crippen LogP contribution in [-0.2, 0) is 0 Å². The third kappa shape index (κ3) is 2.69. The van der Waals surface area contributed by atoms with Crippen LogP contribution in [0.25, 0.3) is 0 Å². The van der Waals surface area contributed by atoms with Gasteiger partial charge in [-0.2, -0.15) is 0 Å². The molecule has 0 saturated heterocycles. The van der Waals surface area contributed by atoms with E-state index >= 15 is 0 Å². The molecule has 0 N–H and O–H groups in total. The third-order valence-corrected chi connectivity index (χ3v) is 1.54. The first-order chi connectivity index (χ1) is 3.12. The predicted molar refractivity (Wildman–Crippen MR) is 34.7 cm³/mol. The highest BCUT2D eigenvalue weighted by Crippen LogP contribution is 2.18. The van der Waals surface area contributed by atoms with E-state index in [4.69, 9.17) is 11.6 Å². The van der Waals surface area contributed by atoms with Gasteiger partial charge in [0.15, 0.2) is 0 Å². The summed E-state index contributed by atoms with van der Waals surface area (Å²) < 4.78 is 0. The fourth-order valence-corrected chi connectivity index (χ4v) is 0.144. The van der Waals surface area contributed by atoms with Crippen LogP contribution in [0.2, 0.25) is 0 Å². The highest BCUT2D eigenvalue weighted by molar-refractivity contribution is 6.24. The molecule has 0 saturated carbocycles. The molecule has 0 fully saturated rings. The first kappa shape index (κ1) is 7.03. The average Bonchev–Trinajstić information content (AvgIpc) is 1.68. The van der Waals surface area contributed by atoms with Crippen molar-refractivity contribution in [1.29, 1.82) is 0 Å². The van der Waals surface area contributed by atoms with Crippen molar-refractivity contribution in [3.05, 3.63) is 12.7 Å². The van der Waals surface area contributed by atoms with Crippen LogP contribution >= 0.6 is 11.6 Å². The van der Waals surface area contributed by atoms with Gasteiger partial charge in [-0.25, -0.2) is 0 Å². The molecule has 0 aliphatic heterocycles. The molecule has 0 aliphatic rings. The maximum absolute atomic E-state index is 5.79. The molecule has 0 spiro atoms. The van der Waals surface area contributed by atoms with Crippen LogP contribution in [0.3, 0.4) is 0 Å². The summed E-state index contributed by atoms with van der Waals surface area (Å²) in [5.74, 6) is 0. The molecule has 0 radical (unpaired) electrons. The van der Waals surface area contributed by atoms with E-state index in [1.807, 2.05) is 13.8 Å². The van der Waals surface area contributed by atoms with E-state index in [1.54, 1.807) is 6.08 Å². The number of alkyl halides is 1. The number of hydrogen-bond donors (Lipinski definition) is 0. The molecule has 7 heavy (non-hydrogen) atoms. The maximum atomic E-state index is 5.79. The normalized spacial score (nSPS) is 18.1. The molecule has 0 bridgehead atoms. The maximum Gasteiger partial charge on any atom is 0.0592 e. The summed E-state index contributed by atoms with van der Waals surface area (Å²) in [7, 11) is 0. The Hall–Kier alpha value is 0.0300. The molecule has 1 unspecified atom stereocenters. The lowest BCUT2D eigenvalue weighted by Gasteiger charge is -2.11. The van der Waals surface area contributed by atoms with Crippen LogP contribution in [-0.4, -0.2) is 4.87 Å². The van der Waals surface area contributed by atoms with Crippen molar-refractivity contribution in [3.8, 4) is 0 Å². The Balaban J connectivity index is 3.58. The Morgan fingerprint density at radius 3 is 2.29 bits per heavy atom. The second-order valence-electron chi connectivity index (χ2n) is 1.84. The Morgan fingerprint density at radius 2 is 2.29 bits per heavy atom. The van der Waals surface area contributed by atoms with Crippen LogP contribution in [0.1, 0.15) is 20.3 Å². The van der Waals surface area contributed by atoms with Gasteiger partial charge in [0.05, 0.1) is 4.87 Å². The Morgan fingerprint density at radius 1 is 1.86 bits per heavy atom. The zero-order chi connectivity index (χ0) is 5.91.